The number of rotatable bonds is 2. The molecule has 0 aliphatic rings. The van der Waals surface area contributed by atoms with Gasteiger partial charge in [0.2, 0.25) is 0 Å². The Balaban J connectivity index is 0. The topological polar surface area (TPSA) is 74.6 Å². The molecule has 0 radical (unpaired) electrons. The standard InChI is InChI=1S/C3H7Cl.C3H4O4/c1-3(2)4;4-2(5)1-3(6)7/h3H,1-2H3;1H2,(H,4,5)(H,6,7). The van der Waals surface area contributed by atoms with E-state index in [2.05, 4.69) is 0 Å². The summed E-state index contributed by atoms with van der Waals surface area (Å²) < 4.78 is 0. The molecule has 0 saturated heterocycles. The summed E-state index contributed by atoms with van der Waals surface area (Å²) in [5, 5.41) is 15.7. The molecule has 0 atom stereocenters. The van der Waals surface area contributed by atoms with Gasteiger partial charge in [0.1, 0.15) is 6.42 Å². The molecule has 0 aromatic heterocycles. The van der Waals surface area contributed by atoms with E-state index in [1.165, 1.54) is 0 Å². The highest BCUT2D eigenvalue weighted by atomic mass is 35.5. The van der Waals surface area contributed by atoms with Crippen molar-refractivity contribution in [3.8, 4) is 0 Å². The molecule has 0 unspecified atom stereocenters. The molecule has 0 spiro atoms. The minimum absolute atomic E-state index is 0.306. The van der Waals surface area contributed by atoms with Crippen LogP contribution in [0.5, 0.6) is 0 Å². The molecule has 0 bridgehead atoms. The summed E-state index contributed by atoms with van der Waals surface area (Å²) in [4.78, 5) is 18.9. The van der Waals surface area contributed by atoms with E-state index in [0.717, 1.165) is 0 Å². The highest BCUT2D eigenvalue weighted by molar-refractivity contribution is 6.20. The summed E-state index contributed by atoms with van der Waals surface area (Å²) >= 11 is 5.27. The maximum Gasteiger partial charge on any atom is 0.314 e. The average Bonchev–Trinajstić information content (AvgIpc) is 1.56. The van der Waals surface area contributed by atoms with Crippen molar-refractivity contribution in [3.63, 3.8) is 0 Å². The third kappa shape index (κ3) is 46.2. The molecule has 2 N–H and O–H groups in total. The number of carboxylic acid groups (broad SMARTS) is 2. The number of halogens is 1. The maximum atomic E-state index is 9.43. The number of aliphatic carboxylic acids is 2. The Hall–Kier alpha value is -0.770. The summed E-state index contributed by atoms with van der Waals surface area (Å²) in [6, 6.07) is 0. The van der Waals surface area contributed by atoms with Crippen LogP contribution in [-0.2, 0) is 9.59 Å². The monoisotopic (exact) mass is 182 g/mol. The Kier molecular flexibility index (Phi) is 8.58. The lowest BCUT2D eigenvalue weighted by molar-refractivity contribution is -0.147. The van der Waals surface area contributed by atoms with Crippen molar-refractivity contribution in [2.45, 2.75) is 25.6 Å². The van der Waals surface area contributed by atoms with Gasteiger partial charge >= 0.3 is 11.9 Å². The van der Waals surface area contributed by atoms with Crippen LogP contribution in [0.4, 0.5) is 0 Å². The van der Waals surface area contributed by atoms with Crippen LogP contribution in [-0.4, -0.2) is 27.5 Å². The zero-order valence-corrected chi connectivity index (χ0v) is 7.13. The smallest absolute Gasteiger partial charge is 0.314 e. The molecular weight excluding hydrogens is 172 g/mol. The van der Waals surface area contributed by atoms with Crippen molar-refractivity contribution in [1.29, 1.82) is 0 Å². The molecule has 5 heteroatoms. The Labute approximate surface area is 69.8 Å². The van der Waals surface area contributed by atoms with E-state index in [1.54, 1.807) is 0 Å². The Morgan fingerprint density at radius 1 is 1.27 bits per heavy atom. The van der Waals surface area contributed by atoms with Crippen LogP contribution in [0.15, 0.2) is 0 Å². The normalized spacial score (nSPS) is 8.36. The molecule has 66 valence electrons. The van der Waals surface area contributed by atoms with Crippen molar-refractivity contribution in [2.24, 2.45) is 0 Å². The summed E-state index contributed by atoms with van der Waals surface area (Å²) in [6.45, 7) is 3.86. The molecule has 0 amide bonds. The van der Waals surface area contributed by atoms with Gasteiger partial charge in [0.05, 0.1) is 0 Å². The predicted molar refractivity (Wildman–Crippen MR) is 40.9 cm³/mol. The molecule has 0 aromatic rings. The van der Waals surface area contributed by atoms with Gasteiger partial charge in [-0.2, -0.15) is 0 Å². The van der Waals surface area contributed by atoms with Gasteiger partial charge in [-0.3, -0.25) is 9.59 Å². The van der Waals surface area contributed by atoms with E-state index in [4.69, 9.17) is 21.8 Å². The van der Waals surface area contributed by atoms with E-state index >= 15 is 0 Å². The van der Waals surface area contributed by atoms with Crippen molar-refractivity contribution >= 4 is 23.5 Å². The van der Waals surface area contributed by atoms with Crippen molar-refractivity contribution in [3.05, 3.63) is 0 Å². The number of hydrogen-bond donors (Lipinski definition) is 2. The molecule has 0 aromatic carbocycles. The summed E-state index contributed by atoms with van der Waals surface area (Å²) in [7, 11) is 0. The van der Waals surface area contributed by atoms with Crippen molar-refractivity contribution < 1.29 is 19.8 Å². The largest absolute Gasteiger partial charge is 0.481 e. The lowest BCUT2D eigenvalue weighted by Gasteiger charge is -1.80. The van der Waals surface area contributed by atoms with E-state index in [0.29, 0.717) is 5.38 Å². The van der Waals surface area contributed by atoms with Crippen molar-refractivity contribution in [1.82, 2.24) is 0 Å². The average molecular weight is 183 g/mol. The molecule has 0 aliphatic heterocycles. The molecule has 0 aliphatic carbocycles. The zero-order valence-electron chi connectivity index (χ0n) is 6.37. The Bertz CT molecular complexity index is 118. The summed E-state index contributed by atoms with van der Waals surface area (Å²) in [6.07, 6.45) is -0.806. The molecule has 0 rings (SSSR count). The van der Waals surface area contributed by atoms with Crippen LogP contribution in [0.3, 0.4) is 0 Å². The van der Waals surface area contributed by atoms with Gasteiger partial charge in [-0.1, -0.05) is 0 Å². The lowest BCUT2D eigenvalue weighted by Crippen LogP contribution is -2.03. The van der Waals surface area contributed by atoms with Gasteiger partial charge in [-0.25, -0.2) is 0 Å². The number of carbonyl (C=O) groups is 2. The van der Waals surface area contributed by atoms with Crippen LogP contribution in [0.1, 0.15) is 20.3 Å². The van der Waals surface area contributed by atoms with E-state index in [1.807, 2.05) is 13.8 Å². The third-order valence-electron chi connectivity index (χ3n) is 0.302. The van der Waals surface area contributed by atoms with Crippen LogP contribution in [0.25, 0.3) is 0 Å². The van der Waals surface area contributed by atoms with E-state index < -0.39 is 18.4 Å². The molecule has 0 saturated carbocycles. The van der Waals surface area contributed by atoms with Crippen LogP contribution >= 0.6 is 11.6 Å². The number of hydrogen-bond acceptors (Lipinski definition) is 2. The first kappa shape index (κ1) is 12.9. The first-order chi connectivity index (χ1) is 4.86. The van der Waals surface area contributed by atoms with Crippen LogP contribution < -0.4 is 0 Å². The molecule has 0 heterocycles. The predicted octanol–water partition coefficient (Wildman–Crippen LogP) is 1.18. The van der Waals surface area contributed by atoms with Crippen molar-refractivity contribution in [2.75, 3.05) is 0 Å². The van der Waals surface area contributed by atoms with E-state index in [9.17, 15) is 9.59 Å². The Morgan fingerprint density at radius 2 is 1.45 bits per heavy atom. The highest BCUT2D eigenvalue weighted by Gasteiger charge is 2.01. The van der Waals surface area contributed by atoms with Gasteiger partial charge in [0.15, 0.2) is 0 Å². The number of alkyl halides is 1. The summed E-state index contributed by atoms with van der Waals surface area (Å²) in [5.41, 5.74) is 0. The first-order valence-electron chi connectivity index (χ1n) is 2.94. The van der Waals surface area contributed by atoms with Gasteiger partial charge in [0.25, 0.3) is 0 Å². The minimum Gasteiger partial charge on any atom is -0.481 e. The quantitative estimate of drug-likeness (QED) is 0.497. The van der Waals surface area contributed by atoms with Crippen LogP contribution in [0, 0.1) is 0 Å². The minimum atomic E-state index is -1.31. The molecular formula is C6H11ClO4. The number of carboxylic acids is 2. The van der Waals surface area contributed by atoms with Gasteiger partial charge in [-0.15, -0.1) is 11.6 Å². The fourth-order valence-corrected chi connectivity index (χ4v) is 0.129. The first-order valence-corrected chi connectivity index (χ1v) is 3.37. The molecule has 11 heavy (non-hydrogen) atoms. The van der Waals surface area contributed by atoms with Gasteiger partial charge in [0, 0.05) is 5.38 Å². The molecule has 4 nitrogen and oxygen atoms in total. The lowest BCUT2D eigenvalue weighted by atomic mass is 10.5. The molecule has 0 fully saturated rings. The second-order valence-corrected chi connectivity index (χ2v) is 2.85. The van der Waals surface area contributed by atoms with Crippen LogP contribution in [0.2, 0.25) is 0 Å². The fourth-order valence-electron chi connectivity index (χ4n) is 0.129. The Morgan fingerprint density at radius 3 is 1.45 bits per heavy atom. The second kappa shape index (κ2) is 7.34. The zero-order chi connectivity index (χ0) is 9.44. The SMILES string of the molecule is CC(C)Cl.O=C(O)CC(=O)O. The van der Waals surface area contributed by atoms with Gasteiger partial charge in [-0.05, 0) is 13.8 Å². The van der Waals surface area contributed by atoms with E-state index in [-0.39, 0.29) is 0 Å². The fraction of sp³-hybridized carbons (Fsp3) is 0.667. The highest BCUT2D eigenvalue weighted by Crippen LogP contribution is 1.84. The maximum absolute atomic E-state index is 9.43. The summed E-state index contributed by atoms with van der Waals surface area (Å²) in [5.74, 6) is -2.62. The second-order valence-electron chi connectivity index (χ2n) is 1.98. The van der Waals surface area contributed by atoms with Gasteiger partial charge < -0.3 is 10.2 Å². The third-order valence-corrected chi connectivity index (χ3v) is 0.302.